The molecule has 7 nitrogen and oxygen atoms in total. The summed E-state index contributed by atoms with van der Waals surface area (Å²) in [6.07, 6.45) is 0. The highest BCUT2D eigenvalue weighted by molar-refractivity contribution is 14.1. The quantitative estimate of drug-likeness (QED) is 0.464. The summed E-state index contributed by atoms with van der Waals surface area (Å²) in [4.78, 5) is 0. The smallest absolute Gasteiger partial charge is 0.359 e. The summed E-state index contributed by atoms with van der Waals surface area (Å²) in [5.74, 6) is -1.72. The first-order valence-electron chi connectivity index (χ1n) is 6.14. The van der Waals surface area contributed by atoms with Crippen LogP contribution >= 0.6 is 37.8 Å². The molecular formula is C12H19IO7P2. The van der Waals surface area contributed by atoms with Gasteiger partial charge in [0.2, 0.25) is 0 Å². The van der Waals surface area contributed by atoms with Gasteiger partial charge < -0.3 is 23.2 Å². The van der Waals surface area contributed by atoms with E-state index in [0.717, 1.165) is 17.8 Å². The topological polar surface area (TPSA) is 91.3 Å². The Bertz CT molecular complexity index is 579. The van der Waals surface area contributed by atoms with Crippen LogP contribution in [0.5, 0.6) is 0 Å². The molecule has 0 aliphatic heterocycles. The molecule has 0 bridgehead atoms. The van der Waals surface area contributed by atoms with Crippen LogP contribution in [-0.4, -0.2) is 39.4 Å². The first-order valence-corrected chi connectivity index (χ1v) is 10.4. The average Bonchev–Trinajstić information content (AvgIpc) is 2.53. The van der Waals surface area contributed by atoms with Crippen LogP contribution < -0.4 is 0 Å². The zero-order chi connectivity index (χ0) is 17.0. The Hall–Kier alpha value is 0.210. The van der Waals surface area contributed by atoms with Crippen molar-refractivity contribution < 1.29 is 32.3 Å². The van der Waals surface area contributed by atoms with E-state index in [0.29, 0.717) is 5.56 Å². The molecule has 1 aromatic carbocycles. The summed E-state index contributed by atoms with van der Waals surface area (Å²) in [6, 6.07) is 6.87. The average molecular weight is 464 g/mol. The molecule has 0 amide bonds. The second kappa shape index (κ2) is 8.35. The van der Waals surface area contributed by atoms with Gasteiger partial charge in [-0.05, 0) is 40.3 Å². The van der Waals surface area contributed by atoms with Gasteiger partial charge in [-0.1, -0.05) is 12.1 Å². The minimum Gasteiger partial charge on any atom is -0.379 e. The van der Waals surface area contributed by atoms with Gasteiger partial charge in [-0.15, -0.1) is 0 Å². The number of hydrogen-bond donors (Lipinski definition) is 1. The normalized spacial score (nSPS) is 15.5. The molecular weight excluding hydrogens is 445 g/mol. The van der Waals surface area contributed by atoms with Crippen molar-refractivity contribution in [1.82, 2.24) is 0 Å². The molecule has 2 atom stereocenters. The molecule has 0 saturated carbocycles. The Labute approximate surface area is 143 Å². The van der Waals surface area contributed by atoms with Crippen LogP contribution in [0.15, 0.2) is 24.3 Å². The summed E-state index contributed by atoms with van der Waals surface area (Å²) in [7, 11) is -3.03. The second-order valence-electron chi connectivity index (χ2n) is 4.22. The predicted molar refractivity (Wildman–Crippen MR) is 91.2 cm³/mol. The standard InChI is InChI=1S/C12H19IO7P2/c1-17-21(15,18-2)11(9-6-5-7-10(13)8-9)12(14)22(16,19-3)20-4/h5-8,11-12,14H,1-4H3. The van der Waals surface area contributed by atoms with Crippen LogP contribution in [0.2, 0.25) is 0 Å². The number of halogens is 1. The minimum atomic E-state index is -3.91. The number of benzene rings is 1. The van der Waals surface area contributed by atoms with Crippen molar-refractivity contribution in [1.29, 1.82) is 0 Å². The van der Waals surface area contributed by atoms with Crippen molar-refractivity contribution in [2.75, 3.05) is 28.4 Å². The van der Waals surface area contributed by atoms with E-state index in [1.807, 2.05) is 6.07 Å². The zero-order valence-electron chi connectivity index (χ0n) is 12.6. The van der Waals surface area contributed by atoms with Gasteiger partial charge >= 0.3 is 15.2 Å². The van der Waals surface area contributed by atoms with E-state index in [9.17, 15) is 14.2 Å². The van der Waals surface area contributed by atoms with Crippen LogP contribution in [0.25, 0.3) is 0 Å². The third-order valence-corrected chi connectivity index (χ3v) is 8.31. The lowest BCUT2D eigenvalue weighted by Crippen LogP contribution is -2.22. The highest BCUT2D eigenvalue weighted by atomic mass is 127. The number of rotatable bonds is 8. The fraction of sp³-hybridized carbons (Fsp3) is 0.500. The Balaban J connectivity index is 3.47. The molecule has 2 unspecified atom stereocenters. The highest BCUT2D eigenvalue weighted by Gasteiger charge is 2.49. The van der Waals surface area contributed by atoms with Gasteiger partial charge in [0.15, 0.2) is 5.85 Å². The Kier molecular flexibility index (Phi) is 7.69. The van der Waals surface area contributed by atoms with Gasteiger partial charge in [0.1, 0.15) is 5.66 Å². The van der Waals surface area contributed by atoms with Gasteiger partial charge in [-0.3, -0.25) is 9.13 Å². The summed E-state index contributed by atoms with van der Waals surface area (Å²) >= 11 is 2.07. The lowest BCUT2D eigenvalue weighted by Gasteiger charge is -2.31. The molecule has 0 aliphatic carbocycles. The largest absolute Gasteiger partial charge is 0.379 e. The Morgan fingerprint density at radius 1 is 1.00 bits per heavy atom. The van der Waals surface area contributed by atoms with E-state index >= 15 is 0 Å². The van der Waals surface area contributed by atoms with Gasteiger partial charge in [0.25, 0.3) is 0 Å². The van der Waals surface area contributed by atoms with Crippen LogP contribution in [0, 0.1) is 3.57 Å². The molecule has 0 aliphatic rings. The molecule has 10 heteroatoms. The van der Waals surface area contributed by atoms with Crippen LogP contribution in [-0.2, 0) is 27.2 Å². The summed E-state index contributed by atoms with van der Waals surface area (Å²) in [6.45, 7) is 0. The molecule has 1 N–H and O–H groups in total. The number of hydrogen-bond acceptors (Lipinski definition) is 7. The number of aliphatic hydroxyl groups is 1. The summed E-state index contributed by atoms with van der Waals surface area (Å²) in [5.41, 5.74) is -0.774. The predicted octanol–water partition coefficient (Wildman–Crippen LogP) is 3.62. The fourth-order valence-corrected chi connectivity index (χ4v) is 6.08. The second-order valence-corrected chi connectivity index (χ2v) is 10.2. The van der Waals surface area contributed by atoms with Crippen LogP contribution in [0.1, 0.15) is 11.2 Å². The molecule has 1 rings (SSSR count). The van der Waals surface area contributed by atoms with Gasteiger partial charge in [-0.2, -0.15) is 0 Å². The van der Waals surface area contributed by atoms with Crippen LogP contribution in [0.3, 0.4) is 0 Å². The third-order valence-electron chi connectivity index (χ3n) is 3.16. The lowest BCUT2D eigenvalue weighted by molar-refractivity contribution is 0.155. The highest BCUT2D eigenvalue weighted by Crippen LogP contribution is 2.68. The van der Waals surface area contributed by atoms with Gasteiger partial charge in [-0.25, -0.2) is 0 Å². The summed E-state index contributed by atoms with van der Waals surface area (Å²) < 4.78 is 45.8. The maximum Gasteiger partial charge on any atom is 0.359 e. The van der Waals surface area contributed by atoms with Gasteiger partial charge in [0, 0.05) is 32.0 Å². The van der Waals surface area contributed by atoms with E-state index in [1.54, 1.807) is 18.2 Å². The van der Waals surface area contributed by atoms with Crippen molar-refractivity contribution in [3.8, 4) is 0 Å². The first-order chi connectivity index (χ1) is 10.3. The molecule has 0 aromatic heterocycles. The maximum absolute atomic E-state index is 12.8. The van der Waals surface area contributed by atoms with E-state index in [-0.39, 0.29) is 0 Å². The molecule has 22 heavy (non-hydrogen) atoms. The molecule has 0 radical (unpaired) electrons. The Morgan fingerprint density at radius 3 is 1.91 bits per heavy atom. The third kappa shape index (κ3) is 4.19. The SMILES string of the molecule is COP(=O)(OC)C(O)C(c1cccc(I)c1)P(=O)(OC)OC. The first kappa shape index (κ1) is 20.3. The lowest BCUT2D eigenvalue weighted by atomic mass is 10.1. The van der Waals surface area contributed by atoms with Crippen molar-refractivity contribution in [3.63, 3.8) is 0 Å². The van der Waals surface area contributed by atoms with Crippen molar-refractivity contribution >= 4 is 37.8 Å². The molecule has 0 saturated heterocycles. The van der Waals surface area contributed by atoms with Gasteiger partial charge in [0.05, 0.1) is 0 Å². The van der Waals surface area contributed by atoms with Crippen molar-refractivity contribution in [3.05, 3.63) is 33.4 Å². The van der Waals surface area contributed by atoms with Crippen LogP contribution in [0.4, 0.5) is 0 Å². The van der Waals surface area contributed by atoms with E-state index in [4.69, 9.17) is 18.1 Å². The molecule has 1 aromatic rings. The zero-order valence-corrected chi connectivity index (χ0v) is 16.6. The molecule has 126 valence electrons. The summed E-state index contributed by atoms with van der Waals surface area (Å²) in [5, 5.41) is 10.5. The number of aliphatic hydroxyl groups excluding tert-OH is 1. The molecule has 0 spiro atoms. The van der Waals surface area contributed by atoms with E-state index in [1.165, 1.54) is 14.2 Å². The van der Waals surface area contributed by atoms with E-state index < -0.39 is 26.7 Å². The molecule has 0 fully saturated rings. The molecule has 0 heterocycles. The Morgan fingerprint density at radius 2 is 1.50 bits per heavy atom. The van der Waals surface area contributed by atoms with Crippen molar-refractivity contribution in [2.45, 2.75) is 11.5 Å². The van der Waals surface area contributed by atoms with E-state index in [2.05, 4.69) is 22.6 Å². The maximum atomic E-state index is 12.8. The monoisotopic (exact) mass is 464 g/mol. The minimum absolute atomic E-state index is 0.445. The fourth-order valence-electron chi connectivity index (χ4n) is 1.97. The van der Waals surface area contributed by atoms with Crippen molar-refractivity contribution in [2.24, 2.45) is 0 Å².